The summed E-state index contributed by atoms with van der Waals surface area (Å²) in [5.74, 6) is 1.26. The second-order valence-corrected chi connectivity index (χ2v) is 3.61. The summed E-state index contributed by atoms with van der Waals surface area (Å²) in [7, 11) is 1.58. The quantitative estimate of drug-likeness (QED) is 0.892. The summed E-state index contributed by atoms with van der Waals surface area (Å²) in [5.41, 5.74) is 7.06. The normalized spacial score (nSPS) is 10.4. The summed E-state index contributed by atoms with van der Waals surface area (Å²) in [5, 5.41) is 0.606. The van der Waals surface area contributed by atoms with Crippen molar-refractivity contribution in [3.8, 4) is 17.1 Å². The van der Waals surface area contributed by atoms with E-state index in [9.17, 15) is 0 Å². The minimum absolute atomic E-state index is 0.317. The van der Waals surface area contributed by atoms with Gasteiger partial charge in [0.15, 0.2) is 12.2 Å². The van der Waals surface area contributed by atoms with E-state index in [2.05, 4.69) is 4.98 Å². The molecule has 0 saturated heterocycles. The van der Waals surface area contributed by atoms with E-state index in [4.69, 9.17) is 26.5 Å². The number of ether oxygens (including phenoxy) is 1. The lowest BCUT2D eigenvalue weighted by atomic mass is 10.1. The fraction of sp³-hybridized carbons (Fsp3) is 0.182. The summed E-state index contributed by atoms with van der Waals surface area (Å²) in [6.45, 7) is 0.317. The van der Waals surface area contributed by atoms with Crippen LogP contribution in [0.1, 0.15) is 5.69 Å². The van der Waals surface area contributed by atoms with Crippen LogP contribution < -0.4 is 10.5 Å². The Balaban J connectivity index is 2.55. The van der Waals surface area contributed by atoms with Gasteiger partial charge in [0.1, 0.15) is 11.4 Å². The molecule has 2 aromatic rings. The molecule has 84 valence electrons. The summed E-state index contributed by atoms with van der Waals surface area (Å²) < 4.78 is 10.5. The third-order valence-electron chi connectivity index (χ3n) is 2.24. The molecule has 0 aliphatic carbocycles. The molecular formula is C11H11ClN2O2. The molecule has 2 rings (SSSR count). The molecule has 1 aromatic carbocycles. The molecule has 5 heteroatoms. The fourth-order valence-corrected chi connectivity index (χ4v) is 1.65. The Bertz CT molecular complexity index is 496. The molecule has 0 radical (unpaired) electrons. The van der Waals surface area contributed by atoms with Crippen LogP contribution in [0.4, 0.5) is 0 Å². The van der Waals surface area contributed by atoms with E-state index in [1.54, 1.807) is 19.2 Å². The third-order valence-corrected chi connectivity index (χ3v) is 2.48. The molecule has 2 N–H and O–H groups in total. The van der Waals surface area contributed by atoms with E-state index in [0.717, 1.165) is 5.56 Å². The van der Waals surface area contributed by atoms with Crippen molar-refractivity contribution in [2.24, 2.45) is 5.73 Å². The molecule has 0 aliphatic rings. The predicted octanol–water partition coefficient (Wildman–Crippen LogP) is 2.46. The van der Waals surface area contributed by atoms with Crippen LogP contribution in [0.15, 0.2) is 29.0 Å². The zero-order valence-corrected chi connectivity index (χ0v) is 9.49. The molecule has 1 aromatic heterocycles. The first-order valence-electron chi connectivity index (χ1n) is 4.72. The van der Waals surface area contributed by atoms with Crippen molar-refractivity contribution in [3.05, 3.63) is 35.3 Å². The van der Waals surface area contributed by atoms with Crippen molar-refractivity contribution in [1.29, 1.82) is 0 Å². The van der Waals surface area contributed by atoms with Crippen molar-refractivity contribution in [3.63, 3.8) is 0 Å². The number of nitrogens with two attached hydrogens (primary N) is 1. The van der Waals surface area contributed by atoms with Crippen molar-refractivity contribution in [2.45, 2.75) is 6.54 Å². The summed E-state index contributed by atoms with van der Waals surface area (Å²) in [6.07, 6.45) is 1.37. The topological polar surface area (TPSA) is 61.3 Å². The lowest BCUT2D eigenvalue weighted by molar-refractivity contribution is 0.414. The molecule has 4 nitrogen and oxygen atoms in total. The van der Waals surface area contributed by atoms with Crippen molar-refractivity contribution in [2.75, 3.05) is 7.11 Å². The fourth-order valence-electron chi connectivity index (χ4n) is 1.49. The standard InChI is InChI=1S/C11H11ClN2O2/c1-15-10-4-7(12)2-3-8(10)11-9(5-13)14-6-16-11/h2-4,6H,5,13H2,1H3. The van der Waals surface area contributed by atoms with Gasteiger partial charge >= 0.3 is 0 Å². The maximum absolute atomic E-state index is 5.88. The Morgan fingerprint density at radius 3 is 3.00 bits per heavy atom. The Hall–Kier alpha value is -1.52. The smallest absolute Gasteiger partial charge is 0.181 e. The van der Waals surface area contributed by atoms with Gasteiger partial charge in [-0.2, -0.15) is 0 Å². The first-order valence-corrected chi connectivity index (χ1v) is 5.10. The maximum Gasteiger partial charge on any atom is 0.181 e. The number of oxazole rings is 1. The first kappa shape index (κ1) is 11.0. The second kappa shape index (κ2) is 4.55. The largest absolute Gasteiger partial charge is 0.496 e. The molecule has 0 fully saturated rings. The molecule has 1 heterocycles. The van der Waals surface area contributed by atoms with Crippen molar-refractivity contribution < 1.29 is 9.15 Å². The molecule has 0 saturated carbocycles. The monoisotopic (exact) mass is 238 g/mol. The van der Waals surface area contributed by atoms with Gasteiger partial charge in [-0.3, -0.25) is 0 Å². The van der Waals surface area contributed by atoms with Gasteiger partial charge in [-0.05, 0) is 18.2 Å². The molecule has 0 amide bonds. The molecule has 0 aliphatic heterocycles. The molecule has 0 atom stereocenters. The maximum atomic E-state index is 5.88. The van der Waals surface area contributed by atoms with Gasteiger partial charge in [0.25, 0.3) is 0 Å². The third kappa shape index (κ3) is 1.89. The van der Waals surface area contributed by atoms with Crippen LogP contribution in [0.2, 0.25) is 5.02 Å². The van der Waals surface area contributed by atoms with Crippen LogP contribution in [0.5, 0.6) is 5.75 Å². The van der Waals surface area contributed by atoms with Gasteiger partial charge in [-0.15, -0.1) is 0 Å². The number of hydrogen-bond donors (Lipinski definition) is 1. The molecular weight excluding hydrogens is 228 g/mol. The minimum atomic E-state index is 0.317. The average Bonchev–Trinajstić information content (AvgIpc) is 2.76. The SMILES string of the molecule is COc1cc(Cl)ccc1-c1ocnc1CN. The lowest BCUT2D eigenvalue weighted by Crippen LogP contribution is -1.98. The molecule has 0 unspecified atom stereocenters. The Morgan fingerprint density at radius 1 is 1.50 bits per heavy atom. The summed E-state index contributed by atoms with van der Waals surface area (Å²) in [6, 6.07) is 5.31. The summed E-state index contributed by atoms with van der Waals surface area (Å²) >= 11 is 5.88. The number of methoxy groups -OCH3 is 1. The highest BCUT2D eigenvalue weighted by Gasteiger charge is 2.14. The van der Waals surface area contributed by atoms with Gasteiger partial charge in [0, 0.05) is 11.6 Å². The Labute approximate surface area is 98.0 Å². The molecule has 0 spiro atoms. The van der Waals surface area contributed by atoms with Gasteiger partial charge in [-0.25, -0.2) is 4.98 Å². The minimum Gasteiger partial charge on any atom is -0.496 e. The molecule has 0 bridgehead atoms. The zero-order chi connectivity index (χ0) is 11.5. The van der Waals surface area contributed by atoms with Crippen LogP contribution in [-0.2, 0) is 6.54 Å². The average molecular weight is 239 g/mol. The van der Waals surface area contributed by atoms with E-state index in [-0.39, 0.29) is 0 Å². The van der Waals surface area contributed by atoms with Crippen molar-refractivity contribution >= 4 is 11.6 Å². The number of hydrogen-bond acceptors (Lipinski definition) is 4. The van der Waals surface area contributed by atoms with E-state index < -0.39 is 0 Å². The number of nitrogens with zero attached hydrogens (tertiary/aromatic N) is 1. The highest BCUT2D eigenvalue weighted by molar-refractivity contribution is 6.30. The highest BCUT2D eigenvalue weighted by Crippen LogP contribution is 2.33. The van der Waals surface area contributed by atoms with E-state index in [1.807, 2.05) is 6.07 Å². The number of halogens is 1. The van der Waals surface area contributed by atoms with Crippen molar-refractivity contribution in [1.82, 2.24) is 4.98 Å². The predicted molar refractivity (Wildman–Crippen MR) is 61.4 cm³/mol. The molecule has 16 heavy (non-hydrogen) atoms. The second-order valence-electron chi connectivity index (χ2n) is 3.18. The number of aromatic nitrogens is 1. The van der Waals surface area contributed by atoms with Crippen LogP contribution in [0.3, 0.4) is 0 Å². The van der Waals surface area contributed by atoms with Gasteiger partial charge in [-0.1, -0.05) is 11.6 Å². The zero-order valence-electron chi connectivity index (χ0n) is 8.74. The van der Waals surface area contributed by atoms with Crippen LogP contribution in [-0.4, -0.2) is 12.1 Å². The highest BCUT2D eigenvalue weighted by atomic mass is 35.5. The Kier molecular flexibility index (Phi) is 3.12. The van der Waals surface area contributed by atoms with Crippen LogP contribution in [0.25, 0.3) is 11.3 Å². The Morgan fingerprint density at radius 2 is 2.31 bits per heavy atom. The van der Waals surface area contributed by atoms with Crippen LogP contribution in [0, 0.1) is 0 Å². The van der Waals surface area contributed by atoms with Crippen LogP contribution >= 0.6 is 11.6 Å². The van der Waals surface area contributed by atoms with E-state index in [1.165, 1.54) is 6.39 Å². The lowest BCUT2D eigenvalue weighted by Gasteiger charge is -2.07. The van der Waals surface area contributed by atoms with Gasteiger partial charge in [0.2, 0.25) is 0 Å². The first-order chi connectivity index (χ1) is 7.76. The van der Waals surface area contributed by atoms with E-state index in [0.29, 0.717) is 28.8 Å². The number of rotatable bonds is 3. The van der Waals surface area contributed by atoms with Gasteiger partial charge < -0.3 is 14.9 Å². The van der Waals surface area contributed by atoms with Gasteiger partial charge in [0.05, 0.1) is 12.7 Å². The summed E-state index contributed by atoms with van der Waals surface area (Å²) in [4.78, 5) is 4.03. The van der Waals surface area contributed by atoms with E-state index >= 15 is 0 Å². The number of benzene rings is 1.